The van der Waals surface area contributed by atoms with E-state index in [1.165, 1.54) is 11.0 Å². The minimum atomic E-state index is -0.269. The summed E-state index contributed by atoms with van der Waals surface area (Å²) in [7, 11) is 0. The Labute approximate surface area is 452 Å². The third kappa shape index (κ3) is 8.18. The molecule has 2 aliphatic heterocycles. The molecule has 0 saturated heterocycles. The summed E-state index contributed by atoms with van der Waals surface area (Å²) in [5.74, 6) is 0. The van der Waals surface area contributed by atoms with Gasteiger partial charge in [-0.15, -0.1) is 0 Å². The SMILES string of the molecule is [C-]#[N+]c1cccc(-c2ccc3c(c2)B2c4cc(-c5cccc(C#N)c5)ccc4N(c4c(-c5ccccc5)cccc4-c4ccccc4)c4cc(C(C)(C)C)cc(c42)N3c2c(-c3ccccc3)cccc2-c2ccccc2)c1. The number of para-hydroxylation sites is 2. The zero-order chi connectivity index (χ0) is 52.2. The summed E-state index contributed by atoms with van der Waals surface area (Å²) >= 11 is 0. The van der Waals surface area contributed by atoms with Crippen molar-refractivity contribution in [1.29, 1.82) is 5.26 Å². The van der Waals surface area contributed by atoms with Crippen molar-refractivity contribution in [2.24, 2.45) is 0 Å². The number of anilines is 6. The highest BCUT2D eigenvalue weighted by Gasteiger charge is 2.46. The molecule has 0 unspecified atom stereocenters. The third-order valence-electron chi connectivity index (χ3n) is 15.4. The highest BCUT2D eigenvalue weighted by Crippen LogP contribution is 2.53. The lowest BCUT2D eigenvalue weighted by molar-refractivity contribution is 0.590. The largest absolute Gasteiger partial charge is 0.310 e. The van der Waals surface area contributed by atoms with Crippen LogP contribution in [0.3, 0.4) is 0 Å². The van der Waals surface area contributed by atoms with Crippen molar-refractivity contribution in [3.8, 4) is 72.8 Å². The van der Waals surface area contributed by atoms with Crippen molar-refractivity contribution in [2.45, 2.75) is 26.2 Å². The first-order valence-electron chi connectivity index (χ1n) is 26.3. The Bertz CT molecular complexity index is 3790. The van der Waals surface area contributed by atoms with Crippen molar-refractivity contribution >= 4 is 62.9 Å². The second-order valence-electron chi connectivity index (χ2n) is 21.1. The van der Waals surface area contributed by atoms with Crippen molar-refractivity contribution < 1.29 is 0 Å². The van der Waals surface area contributed by atoms with Crippen LogP contribution in [-0.2, 0) is 5.41 Å². The second kappa shape index (κ2) is 19.1. The van der Waals surface area contributed by atoms with Gasteiger partial charge < -0.3 is 9.80 Å². The summed E-state index contributed by atoms with van der Waals surface area (Å²) in [6, 6.07) is 93.9. The lowest BCUT2D eigenvalue weighted by Crippen LogP contribution is -2.61. The number of rotatable bonds is 8. The lowest BCUT2D eigenvalue weighted by atomic mass is 9.33. The minimum absolute atomic E-state index is 0.261. The maximum atomic E-state index is 10.2. The van der Waals surface area contributed by atoms with E-state index >= 15 is 0 Å². The molecule has 0 amide bonds. The first kappa shape index (κ1) is 46.8. The molecule has 5 heteroatoms. The molecular formula is C72H51BN4. The van der Waals surface area contributed by atoms with Gasteiger partial charge in [-0.2, -0.15) is 5.26 Å². The van der Waals surface area contributed by atoms with Gasteiger partial charge in [0.25, 0.3) is 6.71 Å². The van der Waals surface area contributed by atoms with E-state index in [2.05, 4.69) is 260 Å². The second-order valence-corrected chi connectivity index (χ2v) is 21.1. The van der Waals surface area contributed by atoms with Crippen LogP contribution in [-0.4, -0.2) is 6.71 Å². The van der Waals surface area contributed by atoms with Gasteiger partial charge in [0.05, 0.1) is 29.6 Å². The van der Waals surface area contributed by atoms with Gasteiger partial charge in [0, 0.05) is 45.0 Å². The average Bonchev–Trinajstić information content (AvgIpc) is 3.68. The van der Waals surface area contributed by atoms with Crippen molar-refractivity contribution in [3.05, 3.63) is 277 Å². The first-order chi connectivity index (χ1) is 37.7. The predicted molar refractivity (Wildman–Crippen MR) is 323 cm³/mol. The zero-order valence-corrected chi connectivity index (χ0v) is 43.1. The molecule has 77 heavy (non-hydrogen) atoms. The van der Waals surface area contributed by atoms with Crippen LogP contribution in [0.25, 0.3) is 71.6 Å². The Morgan fingerprint density at radius 3 is 1.17 bits per heavy atom. The van der Waals surface area contributed by atoms with E-state index in [9.17, 15) is 5.26 Å². The van der Waals surface area contributed by atoms with E-state index in [0.29, 0.717) is 11.3 Å². The summed E-state index contributed by atoms with van der Waals surface area (Å²) in [5, 5.41) is 10.2. The molecule has 0 radical (unpaired) electrons. The smallest absolute Gasteiger partial charge is 0.252 e. The summed E-state index contributed by atoms with van der Waals surface area (Å²) in [6.45, 7) is 14.7. The summed E-state index contributed by atoms with van der Waals surface area (Å²) in [6.07, 6.45) is 0. The number of nitrogens with zero attached hydrogens (tertiary/aromatic N) is 4. The Morgan fingerprint density at radius 2 is 0.766 bits per heavy atom. The van der Waals surface area contributed by atoms with Gasteiger partial charge in [-0.3, -0.25) is 0 Å². The standard InChI is InChI=1S/C72H51BN4/c1-72(2,3)57-45-67-69-68(46-57)77(71-61(51-26-13-7-14-27-51)35-20-36-62(71)52-28-15-8-16-29-52)66-40-38-56(54-31-18-32-58(42-54)75-4)44-64(66)73(69)63-43-55(53-30-17-21-48(41-53)47-74)37-39-65(63)76(67)70-59(49-22-9-5-10-23-49)33-19-34-60(70)50-24-11-6-12-25-50/h5-46H,1-3H3. The van der Waals surface area contributed by atoms with Crippen molar-refractivity contribution in [1.82, 2.24) is 0 Å². The third-order valence-corrected chi connectivity index (χ3v) is 15.4. The lowest BCUT2D eigenvalue weighted by Gasteiger charge is -2.46. The molecule has 2 aliphatic rings. The fourth-order valence-electron chi connectivity index (χ4n) is 11.8. The van der Waals surface area contributed by atoms with E-state index in [-0.39, 0.29) is 12.1 Å². The molecule has 0 aromatic heterocycles. The maximum absolute atomic E-state index is 10.2. The number of benzene rings is 11. The highest BCUT2D eigenvalue weighted by atomic mass is 15.2. The molecule has 0 fully saturated rings. The Hall–Kier alpha value is -9.94. The van der Waals surface area contributed by atoms with Gasteiger partial charge >= 0.3 is 0 Å². The van der Waals surface area contributed by atoms with Crippen LogP contribution in [0.2, 0.25) is 0 Å². The molecule has 0 atom stereocenters. The quantitative estimate of drug-likeness (QED) is 0.112. The van der Waals surface area contributed by atoms with E-state index in [4.69, 9.17) is 6.57 Å². The van der Waals surface area contributed by atoms with E-state index in [0.717, 1.165) is 112 Å². The van der Waals surface area contributed by atoms with Crippen LogP contribution in [0.1, 0.15) is 31.9 Å². The van der Waals surface area contributed by atoms with Gasteiger partial charge in [-0.25, -0.2) is 4.85 Å². The van der Waals surface area contributed by atoms with E-state index in [1.807, 2.05) is 36.4 Å². The van der Waals surface area contributed by atoms with Gasteiger partial charge in [0.1, 0.15) is 0 Å². The Balaban J connectivity index is 1.22. The maximum Gasteiger partial charge on any atom is 0.252 e. The minimum Gasteiger partial charge on any atom is -0.310 e. The van der Waals surface area contributed by atoms with Crippen LogP contribution in [0.15, 0.2) is 255 Å². The Kier molecular flexibility index (Phi) is 11.6. The van der Waals surface area contributed by atoms with E-state index in [1.54, 1.807) is 0 Å². The normalized spacial score (nSPS) is 12.2. The van der Waals surface area contributed by atoms with Crippen LogP contribution >= 0.6 is 0 Å². The molecule has 0 N–H and O–H groups in total. The molecule has 11 aromatic rings. The zero-order valence-electron chi connectivity index (χ0n) is 43.1. The van der Waals surface area contributed by atoms with Gasteiger partial charge in [0.2, 0.25) is 0 Å². The van der Waals surface area contributed by atoms with Crippen molar-refractivity contribution in [2.75, 3.05) is 9.80 Å². The number of hydrogen-bond acceptors (Lipinski definition) is 3. The van der Waals surface area contributed by atoms with Crippen molar-refractivity contribution in [3.63, 3.8) is 0 Å². The number of fused-ring (bicyclic) bond motifs is 4. The molecular weight excluding hydrogens is 932 g/mol. The fraction of sp³-hybridized carbons (Fsp3) is 0.0556. The fourth-order valence-corrected chi connectivity index (χ4v) is 11.8. The molecule has 2 heterocycles. The molecule has 4 nitrogen and oxygen atoms in total. The first-order valence-corrected chi connectivity index (χ1v) is 26.3. The Morgan fingerprint density at radius 1 is 0.390 bits per heavy atom. The van der Waals surface area contributed by atoms with Gasteiger partial charge in [-0.1, -0.05) is 233 Å². The molecule has 0 bridgehead atoms. The number of hydrogen-bond donors (Lipinski definition) is 0. The van der Waals surface area contributed by atoms with Crippen LogP contribution in [0, 0.1) is 17.9 Å². The molecule has 0 aliphatic carbocycles. The monoisotopic (exact) mass is 982 g/mol. The molecule has 11 aromatic carbocycles. The molecule has 0 spiro atoms. The van der Waals surface area contributed by atoms with E-state index < -0.39 is 0 Å². The average molecular weight is 983 g/mol. The summed E-state index contributed by atoms with van der Waals surface area (Å²) in [5.41, 5.74) is 25.2. The summed E-state index contributed by atoms with van der Waals surface area (Å²) < 4.78 is 0. The number of nitriles is 1. The predicted octanol–water partition coefficient (Wildman–Crippen LogP) is 17.5. The van der Waals surface area contributed by atoms with Crippen LogP contribution in [0.4, 0.5) is 39.8 Å². The topological polar surface area (TPSA) is 34.6 Å². The summed E-state index contributed by atoms with van der Waals surface area (Å²) in [4.78, 5) is 9.03. The molecule has 362 valence electrons. The molecule has 13 rings (SSSR count). The molecule has 0 saturated carbocycles. The highest BCUT2D eigenvalue weighted by molar-refractivity contribution is 7.00. The van der Waals surface area contributed by atoms with Gasteiger partial charge in [0.15, 0.2) is 5.69 Å². The van der Waals surface area contributed by atoms with Crippen LogP contribution < -0.4 is 26.2 Å². The van der Waals surface area contributed by atoms with Crippen LogP contribution in [0.5, 0.6) is 0 Å². The van der Waals surface area contributed by atoms with Gasteiger partial charge in [-0.05, 0) is 114 Å².